The number of carbonyl (C=O) groups excluding carboxylic acids is 2. The van der Waals surface area contributed by atoms with Crippen LogP contribution in [0.2, 0.25) is 0 Å². The Hall–Kier alpha value is -1.68. The van der Waals surface area contributed by atoms with Gasteiger partial charge in [0.1, 0.15) is 0 Å². The summed E-state index contributed by atoms with van der Waals surface area (Å²) in [5, 5.41) is 2.78. The first-order valence-corrected chi connectivity index (χ1v) is 5.75. The monoisotopic (exact) mass is 234 g/mol. The normalized spacial score (nSPS) is 10.0. The highest BCUT2D eigenvalue weighted by Gasteiger charge is 2.12. The minimum Gasteiger partial charge on any atom is -0.352 e. The van der Waals surface area contributed by atoms with Crippen molar-refractivity contribution < 1.29 is 9.59 Å². The summed E-state index contributed by atoms with van der Waals surface area (Å²) in [7, 11) is 0. The Kier molecular flexibility index (Phi) is 5.36. The standard InChI is InChI=1S/C13H18N2O2/c1-10(16)11-6-2-3-7-12(11)13(17)15-9-5-4-8-14/h2-3,6-7H,4-5,8-9,14H2,1H3,(H,15,17). The Balaban J connectivity index is 2.65. The van der Waals surface area contributed by atoms with E-state index in [2.05, 4.69) is 5.32 Å². The number of ketones is 1. The van der Waals surface area contributed by atoms with Gasteiger partial charge in [0.25, 0.3) is 5.91 Å². The zero-order valence-electron chi connectivity index (χ0n) is 10.0. The lowest BCUT2D eigenvalue weighted by atomic mass is 10.0. The van der Waals surface area contributed by atoms with Crippen molar-refractivity contribution in [2.24, 2.45) is 5.73 Å². The quantitative estimate of drug-likeness (QED) is 0.576. The second kappa shape index (κ2) is 6.81. The average molecular weight is 234 g/mol. The molecule has 1 aromatic rings. The fraction of sp³-hybridized carbons (Fsp3) is 0.385. The van der Waals surface area contributed by atoms with Crippen LogP contribution in [0.1, 0.15) is 40.5 Å². The van der Waals surface area contributed by atoms with Crippen molar-refractivity contribution >= 4 is 11.7 Å². The van der Waals surface area contributed by atoms with Crippen LogP contribution in [-0.2, 0) is 0 Å². The summed E-state index contributed by atoms with van der Waals surface area (Å²) in [6.07, 6.45) is 1.74. The van der Waals surface area contributed by atoms with Crippen molar-refractivity contribution in [3.8, 4) is 0 Å². The molecule has 92 valence electrons. The molecule has 0 radical (unpaired) electrons. The predicted octanol–water partition coefficient (Wildman–Crippen LogP) is 1.36. The average Bonchev–Trinajstić information content (AvgIpc) is 2.34. The molecule has 0 spiro atoms. The molecule has 1 rings (SSSR count). The number of unbranched alkanes of at least 4 members (excludes halogenated alkanes) is 1. The number of nitrogens with one attached hydrogen (secondary N) is 1. The first-order chi connectivity index (χ1) is 8.16. The molecule has 0 aliphatic carbocycles. The number of Topliss-reactive ketones (excluding diaryl/α,β-unsaturated/α-hetero) is 1. The Morgan fingerprint density at radius 1 is 1.18 bits per heavy atom. The zero-order valence-corrected chi connectivity index (χ0v) is 10.0. The number of rotatable bonds is 6. The minimum absolute atomic E-state index is 0.0993. The highest BCUT2D eigenvalue weighted by atomic mass is 16.2. The second-order valence-electron chi connectivity index (χ2n) is 3.85. The molecule has 4 heteroatoms. The van der Waals surface area contributed by atoms with Crippen LogP contribution >= 0.6 is 0 Å². The van der Waals surface area contributed by atoms with Crippen LogP contribution in [0.25, 0.3) is 0 Å². The summed E-state index contributed by atoms with van der Waals surface area (Å²) in [5.41, 5.74) is 6.26. The fourth-order valence-electron chi connectivity index (χ4n) is 1.55. The first-order valence-electron chi connectivity index (χ1n) is 5.75. The number of nitrogens with two attached hydrogens (primary N) is 1. The van der Waals surface area contributed by atoms with E-state index in [9.17, 15) is 9.59 Å². The first kappa shape index (κ1) is 13.4. The molecule has 0 saturated heterocycles. The molecule has 1 amide bonds. The Morgan fingerprint density at radius 2 is 1.82 bits per heavy atom. The van der Waals surface area contributed by atoms with Gasteiger partial charge in [-0.15, -0.1) is 0 Å². The third-order valence-electron chi connectivity index (χ3n) is 2.47. The van der Waals surface area contributed by atoms with Crippen molar-refractivity contribution in [2.75, 3.05) is 13.1 Å². The smallest absolute Gasteiger partial charge is 0.252 e. The van der Waals surface area contributed by atoms with Crippen LogP contribution in [0, 0.1) is 0 Å². The molecule has 4 nitrogen and oxygen atoms in total. The molecule has 0 heterocycles. The second-order valence-corrected chi connectivity index (χ2v) is 3.85. The van der Waals surface area contributed by atoms with E-state index >= 15 is 0 Å². The maximum atomic E-state index is 11.8. The van der Waals surface area contributed by atoms with Gasteiger partial charge in [0.15, 0.2) is 5.78 Å². The van der Waals surface area contributed by atoms with Gasteiger partial charge < -0.3 is 11.1 Å². The third-order valence-corrected chi connectivity index (χ3v) is 2.47. The molecule has 0 aromatic heterocycles. The molecule has 0 unspecified atom stereocenters. The van der Waals surface area contributed by atoms with Gasteiger partial charge in [-0.25, -0.2) is 0 Å². The van der Waals surface area contributed by atoms with Crippen LogP contribution < -0.4 is 11.1 Å². The largest absolute Gasteiger partial charge is 0.352 e. The van der Waals surface area contributed by atoms with Gasteiger partial charge in [-0.1, -0.05) is 18.2 Å². The van der Waals surface area contributed by atoms with Gasteiger partial charge in [-0.2, -0.15) is 0 Å². The predicted molar refractivity (Wildman–Crippen MR) is 67.1 cm³/mol. The van der Waals surface area contributed by atoms with E-state index in [-0.39, 0.29) is 11.7 Å². The summed E-state index contributed by atoms with van der Waals surface area (Å²) >= 11 is 0. The molecule has 0 bridgehead atoms. The molecule has 3 N–H and O–H groups in total. The summed E-state index contributed by atoms with van der Waals surface area (Å²) < 4.78 is 0. The topological polar surface area (TPSA) is 72.2 Å². The SMILES string of the molecule is CC(=O)c1ccccc1C(=O)NCCCCN. The van der Waals surface area contributed by atoms with Crippen molar-refractivity contribution in [3.05, 3.63) is 35.4 Å². The van der Waals surface area contributed by atoms with Gasteiger partial charge >= 0.3 is 0 Å². The Morgan fingerprint density at radius 3 is 2.41 bits per heavy atom. The Labute approximate surface area is 101 Å². The van der Waals surface area contributed by atoms with Gasteiger partial charge in [0.2, 0.25) is 0 Å². The lowest BCUT2D eigenvalue weighted by Crippen LogP contribution is -2.26. The molecule has 0 aliphatic rings. The highest BCUT2D eigenvalue weighted by Crippen LogP contribution is 2.09. The van der Waals surface area contributed by atoms with E-state index in [1.54, 1.807) is 24.3 Å². The van der Waals surface area contributed by atoms with Crippen molar-refractivity contribution in [1.29, 1.82) is 0 Å². The number of hydrogen-bond donors (Lipinski definition) is 2. The highest BCUT2D eigenvalue weighted by molar-refractivity contribution is 6.07. The van der Waals surface area contributed by atoms with Crippen molar-refractivity contribution in [3.63, 3.8) is 0 Å². The van der Waals surface area contributed by atoms with Crippen molar-refractivity contribution in [2.45, 2.75) is 19.8 Å². The fourth-order valence-corrected chi connectivity index (χ4v) is 1.55. The molecular weight excluding hydrogens is 216 g/mol. The summed E-state index contributed by atoms with van der Waals surface area (Å²) in [6, 6.07) is 6.83. The van der Waals surface area contributed by atoms with Gasteiger partial charge in [0, 0.05) is 12.1 Å². The van der Waals surface area contributed by atoms with Gasteiger partial charge in [-0.05, 0) is 32.4 Å². The van der Waals surface area contributed by atoms with E-state index in [1.807, 2.05) is 0 Å². The van der Waals surface area contributed by atoms with Crippen LogP contribution in [0.4, 0.5) is 0 Å². The summed E-state index contributed by atoms with van der Waals surface area (Å²) in [5.74, 6) is -0.300. The van der Waals surface area contributed by atoms with Gasteiger partial charge in [-0.3, -0.25) is 9.59 Å². The molecule has 0 aliphatic heterocycles. The number of carbonyl (C=O) groups is 2. The van der Waals surface area contributed by atoms with E-state index < -0.39 is 0 Å². The van der Waals surface area contributed by atoms with E-state index in [0.717, 1.165) is 12.8 Å². The molecule has 0 fully saturated rings. The number of benzene rings is 1. The summed E-state index contributed by atoms with van der Waals surface area (Å²) in [6.45, 7) is 2.67. The lowest BCUT2D eigenvalue weighted by molar-refractivity contribution is 0.0938. The number of amides is 1. The van der Waals surface area contributed by atoms with E-state index in [1.165, 1.54) is 6.92 Å². The third kappa shape index (κ3) is 4.00. The van der Waals surface area contributed by atoms with E-state index in [4.69, 9.17) is 5.73 Å². The molecule has 0 saturated carbocycles. The van der Waals surface area contributed by atoms with Crippen molar-refractivity contribution in [1.82, 2.24) is 5.32 Å². The maximum absolute atomic E-state index is 11.8. The number of hydrogen-bond acceptors (Lipinski definition) is 3. The minimum atomic E-state index is -0.201. The molecule has 1 aromatic carbocycles. The molecular formula is C13H18N2O2. The lowest BCUT2D eigenvalue weighted by Gasteiger charge is -2.07. The van der Waals surface area contributed by atoms with Crippen LogP contribution in [-0.4, -0.2) is 24.8 Å². The Bertz CT molecular complexity index is 402. The van der Waals surface area contributed by atoms with Crippen LogP contribution in [0.15, 0.2) is 24.3 Å². The molecule has 17 heavy (non-hydrogen) atoms. The van der Waals surface area contributed by atoms with E-state index in [0.29, 0.717) is 24.2 Å². The molecule has 0 atom stereocenters. The van der Waals surface area contributed by atoms with Crippen LogP contribution in [0.3, 0.4) is 0 Å². The summed E-state index contributed by atoms with van der Waals surface area (Å²) in [4.78, 5) is 23.2. The zero-order chi connectivity index (χ0) is 12.7. The van der Waals surface area contributed by atoms with Crippen LogP contribution in [0.5, 0.6) is 0 Å². The maximum Gasteiger partial charge on any atom is 0.252 e. The van der Waals surface area contributed by atoms with Gasteiger partial charge in [0.05, 0.1) is 5.56 Å².